The van der Waals surface area contributed by atoms with Crippen LogP contribution in [0.25, 0.3) is 0 Å². The summed E-state index contributed by atoms with van der Waals surface area (Å²) in [6, 6.07) is 5.41. The molecular weight excluding hydrogens is 374 g/mol. The molecule has 0 saturated carbocycles. The molecule has 10 heteroatoms. The summed E-state index contributed by atoms with van der Waals surface area (Å²) in [5, 5.41) is 16.5. The number of benzene rings is 1. The Labute approximate surface area is 168 Å². The molecule has 10 nitrogen and oxygen atoms in total. The monoisotopic (exact) mass is 397 g/mol. The first-order chi connectivity index (χ1) is 14.2. The van der Waals surface area contributed by atoms with Gasteiger partial charge in [0.15, 0.2) is 11.5 Å². The zero-order chi connectivity index (χ0) is 20.2. The molecule has 0 N–H and O–H groups in total. The van der Waals surface area contributed by atoms with Crippen LogP contribution in [0, 0.1) is 0 Å². The fourth-order valence-corrected chi connectivity index (χ4v) is 3.19. The summed E-state index contributed by atoms with van der Waals surface area (Å²) in [6.45, 7) is 6.49. The van der Waals surface area contributed by atoms with E-state index in [1.807, 2.05) is 20.0 Å². The highest BCUT2D eigenvalue weighted by Crippen LogP contribution is 2.30. The summed E-state index contributed by atoms with van der Waals surface area (Å²) in [5.74, 6) is 1.20. The predicted molar refractivity (Wildman–Crippen MR) is 103 cm³/mol. The highest BCUT2D eigenvalue weighted by atomic mass is 16.5. The average molecular weight is 397 g/mol. The number of hydrogen-bond acceptors (Lipinski definition) is 7. The molecule has 3 heterocycles. The first-order valence-electron chi connectivity index (χ1n) is 9.61. The third-order valence-corrected chi connectivity index (χ3v) is 4.64. The van der Waals surface area contributed by atoms with Crippen molar-refractivity contribution in [2.45, 2.75) is 26.4 Å². The standard InChI is InChI=1S/C19H23N7O3/c1-3-28-17-6-5-14(9-18(17)29-4-2)19(27)24-12-16(13-24)25-10-15(22-23-25)11-26-20-7-8-21-26/h5-10,16H,3-4,11-13H2,1-2H3. The maximum atomic E-state index is 12.8. The topological polar surface area (TPSA) is 100 Å². The van der Waals surface area contributed by atoms with Gasteiger partial charge in [-0.3, -0.25) is 4.79 Å². The number of rotatable bonds is 8. The van der Waals surface area contributed by atoms with Crippen molar-refractivity contribution in [3.8, 4) is 11.5 Å². The zero-order valence-corrected chi connectivity index (χ0v) is 16.4. The van der Waals surface area contributed by atoms with Crippen molar-refractivity contribution in [3.63, 3.8) is 0 Å². The minimum atomic E-state index is -0.0358. The minimum absolute atomic E-state index is 0.0358. The van der Waals surface area contributed by atoms with Crippen LogP contribution in [0.15, 0.2) is 36.8 Å². The van der Waals surface area contributed by atoms with E-state index in [1.54, 1.807) is 45.0 Å². The molecule has 29 heavy (non-hydrogen) atoms. The van der Waals surface area contributed by atoms with Crippen molar-refractivity contribution < 1.29 is 14.3 Å². The van der Waals surface area contributed by atoms with Gasteiger partial charge >= 0.3 is 0 Å². The predicted octanol–water partition coefficient (Wildman–Crippen LogP) is 1.41. The van der Waals surface area contributed by atoms with Crippen LogP contribution in [-0.2, 0) is 6.54 Å². The van der Waals surface area contributed by atoms with Crippen molar-refractivity contribution in [3.05, 3.63) is 48.0 Å². The van der Waals surface area contributed by atoms with Crippen molar-refractivity contribution in [2.75, 3.05) is 26.3 Å². The molecule has 1 fully saturated rings. The largest absolute Gasteiger partial charge is 0.490 e. The summed E-state index contributed by atoms with van der Waals surface area (Å²) >= 11 is 0. The summed E-state index contributed by atoms with van der Waals surface area (Å²) < 4.78 is 13.0. The smallest absolute Gasteiger partial charge is 0.254 e. The van der Waals surface area contributed by atoms with Crippen molar-refractivity contribution in [1.29, 1.82) is 0 Å². The lowest BCUT2D eigenvalue weighted by atomic mass is 10.1. The molecule has 0 bridgehead atoms. The normalized spacial score (nSPS) is 13.9. The van der Waals surface area contributed by atoms with Gasteiger partial charge in [-0.2, -0.15) is 15.0 Å². The van der Waals surface area contributed by atoms with Gasteiger partial charge in [0.1, 0.15) is 12.2 Å². The second kappa shape index (κ2) is 8.29. The second-order valence-corrected chi connectivity index (χ2v) is 6.64. The number of carbonyl (C=O) groups excluding carboxylic acids is 1. The van der Waals surface area contributed by atoms with Crippen molar-refractivity contribution >= 4 is 5.91 Å². The molecular formula is C19H23N7O3. The van der Waals surface area contributed by atoms with Crippen LogP contribution >= 0.6 is 0 Å². The highest BCUT2D eigenvalue weighted by Gasteiger charge is 2.33. The van der Waals surface area contributed by atoms with Crippen LogP contribution in [0.3, 0.4) is 0 Å². The van der Waals surface area contributed by atoms with Crippen LogP contribution in [0.5, 0.6) is 11.5 Å². The van der Waals surface area contributed by atoms with Crippen molar-refractivity contribution in [1.82, 2.24) is 34.9 Å². The molecule has 4 rings (SSSR count). The Morgan fingerprint density at radius 3 is 2.55 bits per heavy atom. The van der Waals surface area contributed by atoms with E-state index in [0.717, 1.165) is 5.69 Å². The first-order valence-corrected chi connectivity index (χ1v) is 9.61. The number of carbonyl (C=O) groups is 1. The van der Waals surface area contributed by atoms with E-state index in [4.69, 9.17) is 9.47 Å². The molecule has 1 amide bonds. The van der Waals surface area contributed by atoms with E-state index < -0.39 is 0 Å². The number of likely N-dealkylation sites (tertiary alicyclic amines) is 1. The number of hydrogen-bond donors (Lipinski definition) is 0. The highest BCUT2D eigenvalue weighted by molar-refractivity contribution is 5.95. The van der Waals surface area contributed by atoms with Crippen LogP contribution < -0.4 is 9.47 Å². The van der Waals surface area contributed by atoms with Gasteiger partial charge < -0.3 is 14.4 Å². The van der Waals surface area contributed by atoms with E-state index in [1.165, 1.54) is 0 Å². The Morgan fingerprint density at radius 2 is 1.83 bits per heavy atom. The molecule has 1 aliphatic heterocycles. The first kappa shape index (κ1) is 18.9. The lowest BCUT2D eigenvalue weighted by molar-refractivity contribution is 0.0498. The summed E-state index contributed by atoms with van der Waals surface area (Å²) in [6.07, 6.45) is 5.12. The molecule has 152 valence electrons. The molecule has 2 aromatic heterocycles. The molecule has 0 unspecified atom stereocenters. The van der Waals surface area contributed by atoms with E-state index >= 15 is 0 Å². The van der Waals surface area contributed by atoms with Gasteiger partial charge in [-0.1, -0.05) is 5.21 Å². The van der Waals surface area contributed by atoms with Crippen LogP contribution in [0.2, 0.25) is 0 Å². The van der Waals surface area contributed by atoms with Gasteiger partial charge in [0.25, 0.3) is 5.91 Å². The number of nitrogens with zero attached hydrogens (tertiary/aromatic N) is 7. The fraction of sp³-hybridized carbons (Fsp3) is 0.421. The second-order valence-electron chi connectivity index (χ2n) is 6.64. The Hall–Kier alpha value is -3.43. The molecule has 1 aliphatic rings. The molecule has 1 saturated heterocycles. The fourth-order valence-electron chi connectivity index (χ4n) is 3.19. The maximum absolute atomic E-state index is 12.8. The Kier molecular flexibility index (Phi) is 5.41. The Bertz CT molecular complexity index is 964. The lowest BCUT2D eigenvalue weighted by Gasteiger charge is -2.38. The van der Waals surface area contributed by atoms with E-state index in [2.05, 4.69) is 20.5 Å². The third-order valence-electron chi connectivity index (χ3n) is 4.64. The average Bonchev–Trinajstić information content (AvgIpc) is 3.35. The van der Waals surface area contributed by atoms with E-state index in [0.29, 0.717) is 49.9 Å². The van der Waals surface area contributed by atoms with Crippen LogP contribution in [-0.4, -0.2) is 67.1 Å². The van der Waals surface area contributed by atoms with Gasteiger partial charge in [-0.15, -0.1) is 5.10 Å². The van der Waals surface area contributed by atoms with Gasteiger partial charge in [-0.05, 0) is 32.0 Å². The zero-order valence-electron chi connectivity index (χ0n) is 16.4. The van der Waals surface area contributed by atoms with Crippen LogP contribution in [0.1, 0.15) is 35.9 Å². The Balaban J connectivity index is 1.37. The van der Waals surface area contributed by atoms with Gasteiger partial charge in [0.05, 0.1) is 37.8 Å². The number of amides is 1. The summed E-state index contributed by atoms with van der Waals surface area (Å²) in [7, 11) is 0. The minimum Gasteiger partial charge on any atom is -0.490 e. The SMILES string of the molecule is CCOc1ccc(C(=O)N2CC(n3cc(Cn4nccn4)nn3)C2)cc1OCC. The van der Waals surface area contributed by atoms with Gasteiger partial charge in [0.2, 0.25) is 0 Å². The third kappa shape index (κ3) is 4.05. The van der Waals surface area contributed by atoms with Gasteiger partial charge in [0, 0.05) is 18.7 Å². The molecule has 1 aromatic carbocycles. The maximum Gasteiger partial charge on any atom is 0.254 e. The molecule has 0 radical (unpaired) electrons. The van der Waals surface area contributed by atoms with Crippen LogP contribution in [0.4, 0.5) is 0 Å². The molecule has 0 spiro atoms. The van der Waals surface area contributed by atoms with E-state index in [-0.39, 0.29) is 11.9 Å². The van der Waals surface area contributed by atoms with Gasteiger partial charge in [-0.25, -0.2) is 4.68 Å². The molecule has 0 aliphatic carbocycles. The number of aromatic nitrogens is 6. The quantitative estimate of drug-likeness (QED) is 0.566. The number of ether oxygens (including phenoxy) is 2. The van der Waals surface area contributed by atoms with E-state index in [9.17, 15) is 4.79 Å². The molecule has 3 aromatic rings. The lowest BCUT2D eigenvalue weighted by Crippen LogP contribution is -2.50. The Morgan fingerprint density at radius 1 is 1.10 bits per heavy atom. The van der Waals surface area contributed by atoms with Crippen molar-refractivity contribution in [2.24, 2.45) is 0 Å². The summed E-state index contributed by atoms with van der Waals surface area (Å²) in [5.41, 5.74) is 1.36. The molecule has 0 atom stereocenters. The summed E-state index contributed by atoms with van der Waals surface area (Å²) in [4.78, 5) is 16.1.